The molecule has 10 heteroatoms. The summed E-state index contributed by atoms with van der Waals surface area (Å²) >= 11 is 2.63. The van der Waals surface area contributed by atoms with Crippen LogP contribution >= 0.6 is 22.7 Å². The number of nitrogens with one attached hydrogen (secondary N) is 2. The van der Waals surface area contributed by atoms with Gasteiger partial charge in [0.2, 0.25) is 17.7 Å². The summed E-state index contributed by atoms with van der Waals surface area (Å²) in [7, 11) is 0. The van der Waals surface area contributed by atoms with Crippen LogP contribution in [0.3, 0.4) is 0 Å². The summed E-state index contributed by atoms with van der Waals surface area (Å²) in [5, 5.41) is 8.21. The van der Waals surface area contributed by atoms with Crippen molar-refractivity contribution in [3.8, 4) is 0 Å². The van der Waals surface area contributed by atoms with Crippen molar-refractivity contribution in [1.82, 2.24) is 9.97 Å². The van der Waals surface area contributed by atoms with Crippen molar-refractivity contribution in [1.29, 1.82) is 0 Å². The summed E-state index contributed by atoms with van der Waals surface area (Å²) in [6.45, 7) is 2.92. The van der Waals surface area contributed by atoms with Gasteiger partial charge in [0.05, 0.1) is 21.6 Å². The van der Waals surface area contributed by atoms with Crippen LogP contribution in [-0.4, -0.2) is 27.7 Å². The number of aromatic nitrogens is 2. The Morgan fingerprint density at radius 3 is 2.52 bits per heavy atom. The van der Waals surface area contributed by atoms with Gasteiger partial charge in [-0.05, 0) is 36.4 Å². The van der Waals surface area contributed by atoms with E-state index in [1.165, 1.54) is 47.5 Å². The van der Waals surface area contributed by atoms with Gasteiger partial charge in [-0.3, -0.25) is 24.6 Å². The largest absolute Gasteiger partial charge is 0.326 e. The number of hydrogen-bond acceptors (Lipinski definition) is 7. The lowest BCUT2D eigenvalue weighted by atomic mass is 10.3. The van der Waals surface area contributed by atoms with Gasteiger partial charge < -0.3 is 5.32 Å². The minimum Gasteiger partial charge on any atom is -0.326 e. The molecule has 2 N–H and O–H groups in total. The number of thiazole rings is 2. The summed E-state index contributed by atoms with van der Waals surface area (Å²) in [6.07, 6.45) is 2.95. The smallest absolute Gasteiger partial charge is 0.250 e. The number of hydrogen-bond donors (Lipinski definition) is 2. The zero-order valence-corrected chi connectivity index (χ0v) is 19.4. The number of carbonyl (C=O) groups excluding carboxylic acids is 3. The molecule has 3 amide bonds. The predicted octanol–water partition coefficient (Wildman–Crippen LogP) is 5.05. The Hall–Kier alpha value is -3.89. The van der Waals surface area contributed by atoms with E-state index in [1.807, 2.05) is 36.4 Å². The van der Waals surface area contributed by atoms with E-state index in [1.54, 1.807) is 23.6 Å². The molecule has 0 unspecified atom stereocenters. The van der Waals surface area contributed by atoms with Crippen LogP contribution in [0, 0.1) is 0 Å². The van der Waals surface area contributed by atoms with Crippen LogP contribution in [0.15, 0.2) is 60.0 Å². The average Bonchev–Trinajstić information content (AvgIpc) is 3.38. The molecule has 33 heavy (non-hydrogen) atoms. The standard InChI is InChI=1S/C23H19N5O3S2/c1-14(29)24-16-8-10-19-20(12-16)33-22(26-19)27-21(31)11-9-17-13-32-23(25-17)28(15(2)30)18-6-4-3-5-7-18/h3-13H,1-2H3,(H,24,29)(H,26,27,31)/b11-9+. The van der Waals surface area contributed by atoms with E-state index in [0.29, 0.717) is 21.6 Å². The van der Waals surface area contributed by atoms with Gasteiger partial charge in [0.25, 0.3) is 0 Å². The first-order valence-corrected chi connectivity index (χ1v) is 11.6. The molecule has 0 aliphatic heterocycles. The molecular formula is C23H19N5O3S2. The van der Waals surface area contributed by atoms with Gasteiger partial charge in [0, 0.05) is 31.0 Å². The number of fused-ring (bicyclic) bond motifs is 1. The Labute approximate surface area is 197 Å². The highest BCUT2D eigenvalue weighted by Crippen LogP contribution is 2.30. The molecule has 2 aromatic carbocycles. The number of benzene rings is 2. The summed E-state index contributed by atoms with van der Waals surface area (Å²) < 4.78 is 0.843. The quantitative estimate of drug-likeness (QED) is 0.378. The van der Waals surface area contributed by atoms with Crippen LogP contribution in [0.5, 0.6) is 0 Å². The second-order valence-corrected chi connectivity index (χ2v) is 8.82. The van der Waals surface area contributed by atoms with Crippen molar-refractivity contribution >= 4 is 78.3 Å². The second-order valence-electron chi connectivity index (χ2n) is 6.95. The third-order valence-electron chi connectivity index (χ3n) is 4.37. The van der Waals surface area contributed by atoms with Gasteiger partial charge >= 0.3 is 0 Å². The Morgan fingerprint density at radius 1 is 1.00 bits per heavy atom. The Kier molecular flexibility index (Phi) is 6.57. The molecule has 0 bridgehead atoms. The van der Waals surface area contributed by atoms with Crippen LogP contribution < -0.4 is 15.5 Å². The summed E-state index contributed by atoms with van der Waals surface area (Å²) in [4.78, 5) is 46.1. The van der Waals surface area contributed by atoms with Crippen molar-refractivity contribution in [3.05, 3.63) is 65.7 Å². The molecule has 2 aromatic heterocycles. The SMILES string of the molecule is CC(=O)Nc1ccc2nc(NC(=O)/C=C/c3csc(N(C(C)=O)c4ccccc4)n3)sc2c1. The molecule has 8 nitrogen and oxygen atoms in total. The topological polar surface area (TPSA) is 104 Å². The fourth-order valence-electron chi connectivity index (χ4n) is 3.03. The summed E-state index contributed by atoms with van der Waals surface area (Å²) in [6, 6.07) is 14.6. The van der Waals surface area contributed by atoms with Gasteiger partial charge in [-0.25, -0.2) is 9.97 Å². The molecule has 0 atom stereocenters. The van der Waals surface area contributed by atoms with E-state index >= 15 is 0 Å². The predicted molar refractivity (Wildman–Crippen MR) is 133 cm³/mol. The number of rotatable bonds is 6. The highest BCUT2D eigenvalue weighted by atomic mass is 32.1. The number of para-hydroxylation sites is 1. The zero-order valence-electron chi connectivity index (χ0n) is 17.7. The highest BCUT2D eigenvalue weighted by Gasteiger charge is 2.17. The minimum absolute atomic E-state index is 0.152. The molecule has 0 aliphatic rings. The molecule has 0 radical (unpaired) electrons. The molecule has 166 valence electrons. The monoisotopic (exact) mass is 477 g/mol. The minimum atomic E-state index is -0.350. The molecule has 0 saturated carbocycles. The Balaban J connectivity index is 1.44. The van der Waals surface area contributed by atoms with Crippen molar-refractivity contribution in [3.63, 3.8) is 0 Å². The van der Waals surface area contributed by atoms with E-state index < -0.39 is 0 Å². The molecule has 0 fully saturated rings. The number of amides is 3. The van der Waals surface area contributed by atoms with Crippen molar-refractivity contribution in [2.24, 2.45) is 0 Å². The number of nitrogens with zero attached hydrogens (tertiary/aromatic N) is 3. The Morgan fingerprint density at radius 2 is 1.79 bits per heavy atom. The molecular weight excluding hydrogens is 458 g/mol. The molecule has 0 saturated heterocycles. The van der Waals surface area contributed by atoms with Crippen molar-refractivity contribution in [2.45, 2.75) is 13.8 Å². The van der Waals surface area contributed by atoms with Gasteiger partial charge in [0.15, 0.2) is 10.3 Å². The molecule has 4 rings (SSSR count). The van der Waals surface area contributed by atoms with Gasteiger partial charge in [-0.15, -0.1) is 11.3 Å². The lowest BCUT2D eigenvalue weighted by Crippen LogP contribution is -2.22. The summed E-state index contributed by atoms with van der Waals surface area (Å²) in [5.41, 5.74) is 2.69. The maximum atomic E-state index is 12.4. The van der Waals surface area contributed by atoms with Crippen LogP contribution in [0.4, 0.5) is 21.6 Å². The molecule has 4 aromatic rings. The summed E-state index contributed by atoms with van der Waals surface area (Å²) in [5.74, 6) is -0.656. The fourth-order valence-corrected chi connectivity index (χ4v) is 4.79. The third kappa shape index (κ3) is 5.48. The average molecular weight is 478 g/mol. The second kappa shape index (κ2) is 9.72. The maximum Gasteiger partial charge on any atom is 0.250 e. The molecule has 0 spiro atoms. The maximum absolute atomic E-state index is 12.4. The van der Waals surface area contributed by atoms with E-state index in [-0.39, 0.29) is 17.7 Å². The normalized spacial score (nSPS) is 11.0. The zero-order chi connectivity index (χ0) is 23.4. The molecule has 0 aliphatic carbocycles. The third-order valence-corrected chi connectivity index (χ3v) is 6.15. The highest BCUT2D eigenvalue weighted by molar-refractivity contribution is 7.22. The van der Waals surface area contributed by atoms with Gasteiger partial charge in [-0.2, -0.15) is 0 Å². The van der Waals surface area contributed by atoms with Crippen LogP contribution in [0.25, 0.3) is 16.3 Å². The number of carbonyl (C=O) groups is 3. The lowest BCUT2D eigenvalue weighted by Gasteiger charge is -2.17. The van der Waals surface area contributed by atoms with E-state index in [4.69, 9.17) is 0 Å². The Bertz CT molecular complexity index is 1360. The van der Waals surface area contributed by atoms with Crippen LogP contribution in [0.2, 0.25) is 0 Å². The van der Waals surface area contributed by atoms with E-state index in [9.17, 15) is 14.4 Å². The van der Waals surface area contributed by atoms with Crippen molar-refractivity contribution < 1.29 is 14.4 Å². The van der Waals surface area contributed by atoms with Crippen LogP contribution in [0.1, 0.15) is 19.5 Å². The van der Waals surface area contributed by atoms with E-state index in [2.05, 4.69) is 20.6 Å². The lowest BCUT2D eigenvalue weighted by molar-refractivity contribution is -0.116. The van der Waals surface area contributed by atoms with E-state index in [0.717, 1.165) is 15.9 Å². The van der Waals surface area contributed by atoms with Gasteiger partial charge in [-0.1, -0.05) is 29.5 Å². The molecule has 2 heterocycles. The first-order valence-electron chi connectivity index (χ1n) is 9.87. The first kappa shape index (κ1) is 22.3. The number of anilines is 4. The van der Waals surface area contributed by atoms with Gasteiger partial charge in [0.1, 0.15) is 0 Å². The van der Waals surface area contributed by atoms with Crippen molar-refractivity contribution in [2.75, 3.05) is 15.5 Å². The fraction of sp³-hybridized carbons (Fsp3) is 0.0870. The first-order chi connectivity index (χ1) is 15.9. The van der Waals surface area contributed by atoms with Crippen LogP contribution in [-0.2, 0) is 14.4 Å².